The van der Waals surface area contributed by atoms with Gasteiger partial charge in [-0.05, 0) is 79.3 Å². The van der Waals surface area contributed by atoms with E-state index < -0.39 is 30.3 Å². The number of amides is 5. The summed E-state index contributed by atoms with van der Waals surface area (Å²) in [4.78, 5) is 75.2. The summed E-state index contributed by atoms with van der Waals surface area (Å²) in [6, 6.07) is 24.3. The molecule has 1 unspecified atom stereocenters. The first kappa shape index (κ1) is 41.5. The van der Waals surface area contributed by atoms with Crippen LogP contribution in [0, 0.1) is 0 Å². The zero-order valence-corrected chi connectivity index (χ0v) is 33.5. The number of nitrogens with one attached hydrogen (secondary N) is 4. The first-order valence-corrected chi connectivity index (χ1v) is 20.0. The number of alkyl carbamates (subject to hydrolysis) is 2. The van der Waals surface area contributed by atoms with Crippen molar-refractivity contribution in [1.82, 2.24) is 30.4 Å². The van der Waals surface area contributed by atoms with E-state index in [0.717, 1.165) is 41.6 Å². The lowest BCUT2D eigenvalue weighted by Crippen LogP contribution is -2.52. The molecule has 0 bridgehead atoms. The number of hydrogen-bond donors (Lipinski definition) is 4. The minimum absolute atomic E-state index is 0.0550. The number of carbonyl (C=O) groups excluding carboxylic acids is 5. The smallest absolute Gasteiger partial charge is 0.407 e. The van der Waals surface area contributed by atoms with E-state index in [1.165, 1.54) is 19.8 Å². The highest BCUT2D eigenvalue weighted by Crippen LogP contribution is 2.34. The lowest BCUT2D eigenvalue weighted by Gasteiger charge is -2.28. The summed E-state index contributed by atoms with van der Waals surface area (Å²) < 4.78 is 9.39. The number of aromatic amines is 1. The summed E-state index contributed by atoms with van der Waals surface area (Å²) >= 11 is 0. The average Bonchev–Trinajstić information content (AvgIpc) is 4.06. The van der Waals surface area contributed by atoms with Gasteiger partial charge in [0.15, 0.2) is 0 Å². The van der Waals surface area contributed by atoms with Crippen molar-refractivity contribution in [3.63, 3.8) is 0 Å². The van der Waals surface area contributed by atoms with Gasteiger partial charge < -0.3 is 40.2 Å². The molecule has 6 rings (SSSR count). The molecule has 0 radical (unpaired) electrons. The zero-order chi connectivity index (χ0) is 41.2. The Morgan fingerprint density at radius 1 is 0.759 bits per heavy atom. The van der Waals surface area contributed by atoms with Crippen molar-refractivity contribution < 1.29 is 33.4 Å². The van der Waals surface area contributed by atoms with Crippen LogP contribution in [0.25, 0.3) is 11.3 Å². The molecule has 58 heavy (non-hydrogen) atoms. The highest BCUT2D eigenvalue weighted by atomic mass is 16.5. The highest BCUT2D eigenvalue weighted by Gasteiger charge is 2.38. The molecule has 0 aliphatic carbocycles. The van der Waals surface area contributed by atoms with Crippen molar-refractivity contribution in [2.45, 2.75) is 88.9 Å². The fraction of sp³-hybridized carbons (Fsp3) is 0.409. The summed E-state index contributed by atoms with van der Waals surface area (Å²) in [5.41, 5.74) is 5.86. The van der Waals surface area contributed by atoms with Crippen LogP contribution in [0.1, 0.15) is 86.8 Å². The molecule has 2 aliphatic heterocycles. The van der Waals surface area contributed by atoms with Gasteiger partial charge in [-0.2, -0.15) is 0 Å². The van der Waals surface area contributed by atoms with Crippen molar-refractivity contribution in [3.8, 4) is 11.3 Å². The largest absolute Gasteiger partial charge is 0.453 e. The van der Waals surface area contributed by atoms with Gasteiger partial charge in [0, 0.05) is 24.7 Å². The van der Waals surface area contributed by atoms with Crippen molar-refractivity contribution in [1.29, 1.82) is 0 Å². The van der Waals surface area contributed by atoms with Gasteiger partial charge >= 0.3 is 12.2 Å². The zero-order valence-electron chi connectivity index (χ0n) is 33.5. The minimum Gasteiger partial charge on any atom is -0.453 e. The Labute approximate surface area is 339 Å². The molecule has 14 nitrogen and oxygen atoms in total. The quantitative estimate of drug-likeness (QED) is 0.115. The maximum absolute atomic E-state index is 13.4. The first-order chi connectivity index (χ1) is 28.1. The maximum atomic E-state index is 13.4. The van der Waals surface area contributed by atoms with E-state index in [1.807, 2.05) is 49.4 Å². The van der Waals surface area contributed by atoms with Gasteiger partial charge in [0.05, 0.1) is 32.2 Å². The second-order valence-corrected chi connectivity index (χ2v) is 14.7. The van der Waals surface area contributed by atoms with Crippen LogP contribution in [-0.2, 0) is 30.3 Å². The van der Waals surface area contributed by atoms with Crippen LogP contribution >= 0.6 is 0 Å². The average molecular weight is 792 g/mol. The Balaban J connectivity index is 1.12. The van der Waals surface area contributed by atoms with E-state index in [4.69, 9.17) is 4.74 Å². The van der Waals surface area contributed by atoms with Gasteiger partial charge in [-0.15, -0.1) is 0 Å². The molecule has 3 heterocycles. The lowest BCUT2D eigenvalue weighted by atomic mass is 9.85. The van der Waals surface area contributed by atoms with Gasteiger partial charge in [-0.25, -0.2) is 14.6 Å². The summed E-state index contributed by atoms with van der Waals surface area (Å²) in [5.74, 6) is 0.0685. The van der Waals surface area contributed by atoms with E-state index in [2.05, 4.69) is 67.1 Å². The van der Waals surface area contributed by atoms with Crippen LogP contribution in [0.4, 0.5) is 15.3 Å². The minimum atomic E-state index is -0.766. The van der Waals surface area contributed by atoms with E-state index in [1.54, 1.807) is 22.9 Å². The molecule has 306 valence electrons. The van der Waals surface area contributed by atoms with Crippen molar-refractivity contribution in [2.24, 2.45) is 0 Å². The summed E-state index contributed by atoms with van der Waals surface area (Å²) in [5, 5.41) is 8.22. The maximum Gasteiger partial charge on any atom is 0.407 e. The molecule has 5 atom stereocenters. The number of likely N-dealkylation sites (tertiary alicyclic amines) is 2. The molecule has 0 saturated carbocycles. The van der Waals surface area contributed by atoms with E-state index in [9.17, 15) is 24.0 Å². The Morgan fingerprint density at radius 3 is 1.97 bits per heavy atom. The Kier molecular flexibility index (Phi) is 13.8. The number of methoxy groups -OCH3 is 2. The van der Waals surface area contributed by atoms with E-state index in [-0.39, 0.29) is 29.7 Å². The Bertz CT molecular complexity index is 2040. The Hall–Kier alpha value is -6.18. The molecule has 14 heteroatoms. The third kappa shape index (κ3) is 9.67. The molecular weight excluding hydrogens is 739 g/mol. The fourth-order valence-corrected chi connectivity index (χ4v) is 7.94. The number of anilines is 1. The van der Waals surface area contributed by atoms with Gasteiger partial charge in [0.25, 0.3) is 0 Å². The molecule has 3 aromatic carbocycles. The van der Waals surface area contributed by atoms with Crippen LogP contribution in [-0.4, -0.2) is 95.1 Å². The number of H-pyrrole nitrogens is 1. The standard InChI is InChI=1S/C44H53N7O7/c1-5-34(48-43(55)57-3)41(53)50-24-10-14-37(50)39-45-27-36(47-39)31-20-18-30(19-21-31)33(29-12-8-7-9-13-29)26-28-16-22-32(23-17-28)46-40(52)38-15-11-25-51(38)42(54)35(6-2)49-44(56)58-4/h7-9,12-13,16-23,27,33-35,37-38H,5-6,10-11,14-15,24-26H2,1-4H3,(H,45,47)(H,46,52)(H,48,55)(H,49,56)/t33?,34-,35-,37-,38-/m0/s1. The number of benzene rings is 3. The van der Waals surface area contributed by atoms with Gasteiger partial charge in [0.1, 0.15) is 23.9 Å². The number of hydrogen-bond acceptors (Lipinski definition) is 8. The van der Waals surface area contributed by atoms with Gasteiger partial charge in [0.2, 0.25) is 17.7 Å². The summed E-state index contributed by atoms with van der Waals surface area (Å²) in [7, 11) is 2.53. The predicted molar refractivity (Wildman–Crippen MR) is 219 cm³/mol. The van der Waals surface area contributed by atoms with Crippen molar-refractivity contribution in [2.75, 3.05) is 32.6 Å². The molecule has 1 aromatic heterocycles. The number of aromatic nitrogens is 2. The molecule has 2 aliphatic rings. The second-order valence-electron chi connectivity index (χ2n) is 14.7. The third-order valence-electron chi connectivity index (χ3n) is 11.1. The molecule has 0 spiro atoms. The van der Waals surface area contributed by atoms with Crippen LogP contribution in [0.5, 0.6) is 0 Å². The van der Waals surface area contributed by atoms with Crippen molar-refractivity contribution >= 4 is 35.6 Å². The highest BCUT2D eigenvalue weighted by molar-refractivity contribution is 5.98. The first-order valence-electron chi connectivity index (χ1n) is 20.0. The summed E-state index contributed by atoms with van der Waals surface area (Å²) in [6.45, 7) is 4.69. The fourth-order valence-electron chi connectivity index (χ4n) is 7.94. The predicted octanol–water partition coefficient (Wildman–Crippen LogP) is 6.31. The number of carbonyl (C=O) groups is 5. The van der Waals surface area contributed by atoms with E-state index >= 15 is 0 Å². The number of imidazole rings is 1. The third-order valence-corrected chi connectivity index (χ3v) is 11.1. The molecule has 2 saturated heterocycles. The summed E-state index contributed by atoms with van der Waals surface area (Å²) in [6.07, 6.45) is 4.89. The molecular formula is C44H53N7O7. The topological polar surface area (TPSA) is 175 Å². The van der Waals surface area contributed by atoms with Crippen LogP contribution < -0.4 is 16.0 Å². The normalized spacial score (nSPS) is 17.9. The van der Waals surface area contributed by atoms with Gasteiger partial charge in [-0.3, -0.25) is 14.4 Å². The molecule has 4 N–H and O–H groups in total. The molecule has 4 aromatic rings. The van der Waals surface area contributed by atoms with Crippen LogP contribution in [0.3, 0.4) is 0 Å². The van der Waals surface area contributed by atoms with Crippen LogP contribution in [0.15, 0.2) is 85.1 Å². The number of ether oxygens (including phenoxy) is 2. The number of rotatable bonds is 14. The monoisotopic (exact) mass is 791 g/mol. The SMILES string of the molecule is CC[C@H](NC(=O)OC)C(=O)N1CCC[C@H]1C(=O)Nc1ccc(CC(c2ccccc2)c2ccc(-c3cnc([C@@H]4CCCN4C(=O)[C@H](CC)NC(=O)OC)[nH]3)cc2)cc1. The number of nitrogens with zero attached hydrogens (tertiary/aromatic N) is 3. The van der Waals surface area contributed by atoms with Crippen LogP contribution in [0.2, 0.25) is 0 Å². The molecule has 5 amide bonds. The molecule has 2 fully saturated rings. The van der Waals surface area contributed by atoms with E-state index in [0.29, 0.717) is 50.3 Å². The second kappa shape index (κ2) is 19.3. The van der Waals surface area contributed by atoms with Gasteiger partial charge in [-0.1, -0.05) is 80.6 Å². The lowest BCUT2D eigenvalue weighted by molar-refractivity contribution is -0.138. The van der Waals surface area contributed by atoms with Crippen molar-refractivity contribution in [3.05, 3.63) is 108 Å². The Morgan fingerprint density at radius 2 is 1.34 bits per heavy atom.